The molecule has 2 aromatic carbocycles. The Labute approximate surface area is 249 Å². The summed E-state index contributed by atoms with van der Waals surface area (Å²) in [6.07, 6.45) is -1.90. The summed E-state index contributed by atoms with van der Waals surface area (Å²) in [5.74, 6) is -1.61. The Bertz CT molecular complexity index is 1180. The number of aliphatic hydroxyl groups is 3. The average molecular weight is 605 g/mol. The van der Waals surface area contributed by atoms with Crippen molar-refractivity contribution in [1.82, 2.24) is 10.2 Å². The van der Waals surface area contributed by atoms with E-state index in [1.165, 1.54) is 5.56 Å². The minimum atomic E-state index is -2.27. The van der Waals surface area contributed by atoms with Crippen molar-refractivity contribution in [2.75, 3.05) is 39.5 Å². The van der Waals surface area contributed by atoms with Crippen LogP contribution in [-0.4, -0.2) is 106 Å². The highest BCUT2D eigenvalue weighted by Crippen LogP contribution is 2.33. The molecule has 0 saturated carbocycles. The van der Waals surface area contributed by atoms with Gasteiger partial charge in [-0.1, -0.05) is 25.1 Å². The molecule has 1 saturated heterocycles. The molecule has 2 aliphatic heterocycles. The number of carbonyl (C=O) groups is 3. The summed E-state index contributed by atoms with van der Waals surface area (Å²) in [4.78, 5) is 34.6. The molecule has 4 rings (SSSR count). The summed E-state index contributed by atoms with van der Waals surface area (Å²) < 4.78 is 17.0. The molecule has 13 heteroatoms. The smallest absolute Gasteiger partial charge is 0.335 e. The van der Waals surface area contributed by atoms with Crippen LogP contribution in [0.3, 0.4) is 0 Å². The zero-order valence-corrected chi connectivity index (χ0v) is 24.1. The zero-order chi connectivity index (χ0) is 31.4. The number of aryl methyl sites for hydroxylation is 1. The van der Waals surface area contributed by atoms with Gasteiger partial charge >= 0.3 is 11.9 Å². The molecular formula is C30H40N2O11. The van der Waals surface area contributed by atoms with Gasteiger partial charge in [-0.3, -0.25) is 4.79 Å². The third-order valence-corrected chi connectivity index (χ3v) is 7.02. The molecule has 0 aliphatic carbocycles. The van der Waals surface area contributed by atoms with Crippen LogP contribution in [0.1, 0.15) is 43.4 Å². The van der Waals surface area contributed by atoms with Crippen molar-refractivity contribution in [3.05, 3.63) is 53.6 Å². The van der Waals surface area contributed by atoms with Crippen LogP contribution in [0.5, 0.6) is 17.2 Å². The molecule has 4 atom stereocenters. The topological polar surface area (TPSA) is 195 Å². The lowest BCUT2D eigenvalue weighted by molar-refractivity contribution is -0.165. The number of hydrogen-bond acceptors (Lipinski definition) is 10. The molecule has 2 aliphatic rings. The molecule has 1 amide bonds. The zero-order valence-electron chi connectivity index (χ0n) is 24.1. The van der Waals surface area contributed by atoms with E-state index in [1.54, 1.807) is 0 Å². The van der Waals surface area contributed by atoms with Gasteiger partial charge in [-0.15, -0.1) is 0 Å². The summed E-state index contributed by atoms with van der Waals surface area (Å²) in [6.45, 7) is 5.97. The number of benzene rings is 2. The van der Waals surface area contributed by atoms with Crippen molar-refractivity contribution in [2.45, 2.75) is 57.0 Å². The number of aliphatic hydroxyl groups excluding tert-OH is 3. The molecule has 0 radical (unpaired) electrons. The number of carbonyl (C=O) groups excluding carboxylic acids is 1. The van der Waals surface area contributed by atoms with Crippen LogP contribution < -0.4 is 19.5 Å². The number of fused-ring (bicyclic) bond motifs is 1. The van der Waals surface area contributed by atoms with Gasteiger partial charge in [0.15, 0.2) is 23.7 Å². The fraction of sp³-hybridized carbons (Fsp3) is 0.500. The summed E-state index contributed by atoms with van der Waals surface area (Å²) >= 11 is 0. The van der Waals surface area contributed by atoms with Crippen LogP contribution in [0.4, 0.5) is 0 Å². The number of nitrogens with one attached hydrogen (secondary N) is 1. The minimum absolute atomic E-state index is 0.138. The molecule has 0 bridgehead atoms. The minimum Gasteiger partial charge on any atom is -0.493 e. The molecule has 0 aromatic heterocycles. The second-order valence-corrected chi connectivity index (χ2v) is 10.2. The maximum Gasteiger partial charge on any atom is 0.335 e. The quantitative estimate of drug-likeness (QED) is 0.190. The maximum absolute atomic E-state index is 12.7. The van der Waals surface area contributed by atoms with Crippen LogP contribution in [0.25, 0.3) is 0 Å². The molecule has 0 spiro atoms. The standard InChI is InChI=1S/C26H34N2O5.C4H6O6/c1-2-19-5-8-21(9-6-19)31-14-11-25(29)27-22(18-28-12-3-4-13-28)26(30)20-7-10-23-24(17-20)33-16-15-32-23;5-1(3(7)8)2(6)4(9)10/h5-10,17,22,26,30H,2-4,11-16,18H2,1H3,(H,27,29);1-2,5-6H,(H,7,8)(H,9,10)/t22-,26-;1-,2-/m11/s1. The Morgan fingerprint density at radius 2 is 1.51 bits per heavy atom. The maximum atomic E-state index is 12.7. The second-order valence-electron chi connectivity index (χ2n) is 10.2. The largest absolute Gasteiger partial charge is 0.493 e. The number of hydrogen-bond donors (Lipinski definition) is 6. The Kier molecular flexibility index (Phi) is 13.0. The summed E-state index contributed by atoms with van der Waals surface area (Å²) in [5.41, 5.74) is 1.95. The third-order valence-electron chi connectivity index (χ3n) is 7.02. The molecule has 236 valence electrons. The first kappa shape index (κ1) is 33.6. The monoisotopic (exact) mass is 604 g/mol. The van der Waals surface area contributed by atoms with E-state index in [4.69, 9.17) is 34.6 Å². The highest BCUT2D eigenvalue weighted by Gasteiger charge is 2.30. The Hall–Kier alpha value is -3.91. The number of likely N-dealkylation sites (tertiary alicyclic amines) is 1. The van der Waals surface area contributed by atoms with Crippen LogP contribution in [0, 0.1) is 0 Å². The molecule has 2 heterocycles. The Balaban J connectivity index is 0.000000436. The normalized spacial score (nSPS) is 17.0. The van der Waals surface area contributed by atoms with E-state index in [9.17, 15) is 19.5 Å². The van der Waals surface area contributed by atoms with E-state index >= 15 is 0 Å². The van der Waals surface area contributed by atoms with Crippen molar-refractivity contribution >= 4 is 17.8 Å². The van der Waals surface area contributed by atoms with Gasteiger partial charge in [0.2, 0.25) is 5.91 Å². The first-order valence-electron chi connectivity index (χ1n) is 14.2. The lowest BCUT2D eigenvalue weighted by Gasteiger charge is -2.29. The molecule has 2 aromatic rings. The van der Waals surface area contributed by atoms with Crippen LogP contribution in [0.15, 0.2) is 42.5 Å². The average Bonchev–Trinajstić information content (AvgIpc) is 3.53. The van der Waals surface area contributed by atoms with E-state index < -0.39 is 36.3 Å². The third kappa shape index (κ3) is 10.4. The summed E-state index contributed by atoms with van der Waals surface area (Å²) in [6, 6.07) is 13.0. The Morgan fingerprint density at radius 1 is 0.907 bits per heavy atom. The van der Waals surface area contributed by atoms with Gasteiger partial charge in [-0.2, -0.15) is 0 Å². The van der Waals surface area contributed by atoms with Gasteiger partial charge < -0.3 is 50.0 Å². The Morgan fingerprint density at radius 3 is 2.09 bits per heavy atom. The predicted molar refractivity (Wildman–Crippen MR) is 153 cm³/mol. The molecule has 0 unspecified atom stereocenters. The highest BCUT2D eigenvalue weighted by atomic mass is 16.6. The van der Waals surface area contributed by atoms with Crippen LogP contribution in [-0.2, 0) is 20.8 Å². The molecular weight excluding hydrogens is 564 g/mol. The van der Waals surface area contributed by atoms with Gasteiger partial charge in [-0.05, 0) is 67.7 Å². The summed E-state index contributed by atoms with van der Waals surface area (Å²) in [7, 11) is 0. The summed E-state index contributed by atoms with van der Waals surface area (Å²) in [5, 5.41) is 46.7. The number of carboxylic acids is 2. The van der Waals surface area contributed by atoms with E-state index in [1.807, 2.05) is 42.5 Å². The van der Waals surface area contributed by atoms with E-state index in [0.717, 1.165) is 38.1 Å². The number of amides is 1. The first-order valence-corrected chi connectivity index (χ1v) is 14.2. The van der Waals surface area contributed by atoms with Crippen molar-refractivity contribution < 1.29 is 54.1 Å². The number of ether oxygens (including phenoxy) is 3. The number of aliphatic carboxylic acids is 2. The number of rotatable bonds is 13. The first-order chi connectivity index (χ1) is 20.6. The van der Waals surface area contributed by atoms with Gasteiger partial charge in [-0.25, -0.2) is 9.59 Å². The van der Waals surface area contributed by atoms with Crippen LogP contribution >= 0.6 is 0 Å². The van der Waals surface area contributed by atoms with Gasteiger partial charge in [0.05, 0.1) is 19.1 Å². The second kappa shape index (κ2) is 16.7. The van der Waals surface area contributed by atoms with Crippen molar-refractivity contribution in [3.8, 4) is 17.2 Å². The van der Waals surface area contributed by atoms with Gasteiger partial charge in [0.1, 0.15) is 25.1 Å². The van der Waals surface area contributed by atoms with E-state index in [-0.39, 0.29) is 18.9 Å². The molecule has 13 nitrogen and oxygen atoms in total. The lowest BCUT2D eigenvalue weighted by atomic mass is 10.0. The lowest BCUT2D eigenvalue weighted by Crippen LogP contribution is -2.47. The highest BCUT2D eigenvalue weighted by molar-refractivity contribution is 5.83. The SMILES string of the molecule is CCc1ccc(OCCC(=O)N[C@H](CN2CCCC2)[C@H](O)c2ccc3c(c2)OCCO3)cc1.O=C(O)[C@H](O)[C@@H](O)C(=O)O. The van der Waals surface area contributed by atoms with Crippen LogP contribution in [0.2, 0.25) is 0 Å². The predicted octanol–water partition coefficient (Wildman–Crippen LogP) is 0.981. The van der Waals surface area contributed by atoms with E-state index in [2.05, 4.69) is 17.1 Å². The van der Waals surface area contributed by atoms with Gasteiger partial charge in [0, 0.05) is 6.54 Å². The fourth-order valence-corrected chi connectivity index (χ4v) is 4.58. The fourth-order valence-electron chi connectivity index (χ4n) is 4.58. The van der Waals surface area contributed by atoms with Crippen molar-refractivity contribution in [3.63, 3.8) is 0 Å². The number of carboxylic acid groups (broad SMARTS) is 2. The van der Waals surface area contributed by atoms with Crippen molar-refractivity contribution in [1.29, 1.82) is 0 Å². The van der Waals surface area contributed by atoms with E-state index in [0.29, 0.717) is 36.8 Å². The molecule has 6 N–H and O–H groups in total. The number of nitrogens with zero attached hydrogens (tertiary/aromatic N) is 1. The molecule has 1 fully saturated rings. The van der Waals surface area contributed by atoms with Gasteiger partial charge in [0.25, 0.3) is 0 Å². The molecule has 43 heavy (non-hydrogen) atoms. The van der Waals surface area contributed by atoms with Crippen molar-refractivity contribution in [2.24, 2.45) is 0 Å².